The van der Waals surface area contributed by atoms with Gasteiger partial charge in [-0.1, -0.05) is 6.92 Å². The molecule has 0 saturated carbocycles. The van der Waals surface area contributed by atoms with Crippen LogP contribution in [0.4, 0.5) is 0 Å². The van der Waals surface area contributed by atoms with Gasteiger partial charge < -0.3 is 9.84 Å². The molecule has 1 N–H and O–H groups in total. The van der Waals surface area contributed by atoms with Crippen LogP contribution in [0.1, 0.15) is 26.7 Å². The molecule has 0 spiro atoms. The highest BCUT2D eigenvalue weighted by Gasteiger charge is 2.37. The molecule has 64 valence electrons. The van der Waals surface area contributed by atoms with Gasteiger partial charge in [-0.2, -0.15) is 0 Å². The Morgan fingerprint density at radius 2 is 2.27 bits per heavy atom. The predicted molar refractivity (Wildman–Crippen MR) is 40.4 cm³/mol. The van der Waals surface area contributed by atoms with Crippen molar-refractivity contribution in [2.24, 2.45) is 5.92 Å². The molecule has 3 unspecified atom stereocenters. The Morgan fingerprint density at radius 3 is 2.55 bits per heavy atom. The lowest BCUT2D eigenvalue weighted by atomic mass is 10.00. The number of ether oxygens (including phenoxy) is 1. The zero-order valence-corrected chi connectivity index (χ0v) is 6.91. The van der Waals surface area contributed by atoms with Gasteiger partial charge >= 0.3 is 5.97 Å². The number of hydrogen-bond donors (Lipinski definition) is 1. The topological polar surface area (TPSA) is 49.8 Å². The first-order valence-corrected chi connectivity index (χ1v) is 4.03. The molecule has 3 heteroatoms. The van der Waals surface area contributed by atoms with Gasteiger partial charge in [0.2, 0.25) is 0 Å². The number of epoxide rings is 1. The molecule has 1 saturated heterocycles. The molecule has 0 bridgehead atoms. The van der Waals surface area contributed by atoms with E-state index in [2.05, 4.69) is 0 Å². The molecule has 0 aromatic rings. The monoisotopic (exact) mass is 158 g/mol. The summed E-state index contributed by atoms with van der Waals surface area (Å²) < 4.78 is 5.14. The first-order valence-electron chi connectivity index (χ1n) is 4.03. The Bertz CT molecular complexity index is 155. The summed E-state index contributed by atoms with van der Waals surface area (Å²) in [5, 5.41) is 8.68. The Morgan fingerprint density at radius 1 is 1.73 bits per heavy atom. The van der Waals surface area contributed by atoms with E-state index in [0.29, 0.717) is 12.8 Å². The maximum absolute atomic E-state index is 10.5. The number of hydrogen-bond acceptors (Lipinski definition) is 2. The predicted octanol–water partition coefficient (Wildman–Crippen LogP) is 1.27. The van der Waals surface area contributed by atoms with Gasteiger partial charge in [0.15, 0.2) is 0 Å². The molecule has 1 fully saturated rings. The lowest BCUT2D eigenvalue weighted by molar-refractivity contribution is -0.142. The van der Waals surface area contributed by atoms with Crippen LogP contribution in [-0.2, 0) is 9.53 Å². The van der Waals surface area contributed by atoms with E-state index in [1.807, 2.05) is 13.8 Å². The number of rotatable bonds is 4. The van der Waals surface area contributed by atoms with Crippen molar-refractivity contribution in [1.82, 2.24) is 0 Å². The molecule has 0 aromatic heterocycles. The maximum Gasteiger partial charge on any atom is 0.306 e. The minimum atomic E-state index is -0.699. The van der Waals surface area contributed by atoms with Gasteiger partial charge in [-0.05, 0) is 19.8 Å². The van der Waals surface area contributed by atoms with Crippen molar-refractivity contribution in [3.05, 3.63) is 0 Å². The second-order valence-electron chi connectivity index (χ2n) is 3.06. The average molecular weight is 158 g/mol. The van der Waals surface area contributed by atoms with Gasteiger partial charge in [0.1, 0.15) is 0 Å². The van der Waals surface area contributed by atoms with Gasteiger partial charge in [0.25, 0.3) is 0 Å². The minimum Gasteiger partial charge on any atom is -0.481 e. The summed E-state index contributed by atoms with van der Waals surface area (Å²) in [5.41, 5.74) is 0. The van der Waals surface area contributed by atoms with Crippen molar-refractivity contribution in [1.29, 1.82) is 0 Å². The third-order valence-corrected chi connectivity index (χ3v) is 2.20. The van der Waals surface area contributed by atoms with E-state index in [1.165, 1.54) is 0 Å². The summed E-state index contributed by atoms with van der Waals surface area (Å²) in [5.74, 6) is -0.917. The fraction of sp³-hybridized carbons (Fsp3) is 0.875. The summed E-state index contributed by atoms with van der Waals surface area (Å²) in [6.45, 7) is 3.87. The first kappa shape index (κ1) is 8.53. The van der Waals surface area contributed by atoms with Gasteiger partial charge in [-0.25, -0.2) is 0 Å². The van der Waals surface area contributed by atoms with Crippen molar-refractivity contribution in [2.75, 3.05) is 0 Å². The van der Waals surface area contributed by atoms with Crippen LogP contribution in [0, 0.1) is 5.92 Å². The molecule has 11 heavy (non-hydrogen) atoms. The summed E-state index contributed by atoms with van der Waals surface area (Å²) in [7, 11) is 0. The van der Waals surface area contributed by atoms with Gasteiger partial charge in [0, 0.05) is 0 Å². The van der Waals surface area contributed by atoms with Crippen molar-refractivity contribution >= 4 is 5.97 Å². The molecule has 3 nitrogen and oxygen atoms in total. The van der Waals surface area contributed by atoms with E-state index >= 15 is 0 Å². The van der Waals surface area contributed by atoms with Crippen molar-refractivity contribution in [3.63, 3.8) is 0 Å². The van der Waals surface area contributed by atoms with Gasteiger partial charge in [-0.3, -0.25) is 4.79 Å². The number of carboxylic acids is 1. The van der Waals surface area contributed by atoms with E-state index in [1.54, 1.807) is 0 Å². The molecule has 1 heterocycles. The highest BCUT2D eigenvalue weighted by Crippen LogP contribution is 2.28. The largest absolute Gasteiger partial charge is 0.481 e. The number of carboxylic acid groups (broad SMARTS) is 1. The smallest absolute Gasteiger partial charge is 0.306 e. The van der Waals surface area contributed by atoms with Gasteiger partial charge in [0.05, 0.1) is 18.1 Å². The second-order valence-corrected chi connectivity index (χ2v) is 3.06. The molecule has 0 aliphatic carbocycles. The summed E-state index contributed by atoms with van der Waals surface area (Å²) >= 11 is 0. The zero-order valence-electron chi connectivity index (χ0n) is 6.91. The van der Waals surface area contributed by atoms with Crippen LogP contribution in [0.25, 0.3) is 0 Å². The van der Waals surface area contributed by atoms with Crippen LogP contribution in [0.5, 0.6) is 0 Å². The summed E-state index contributed by atoms with van der Waals surface area (Å²) in [6.07, 6.45) is 1.86. The fourth-order valence-corrected chi connectivity index (χ4v) is 1.20. The van der Waals surface area contributed by atoms with Crippen LogP contribution in [0.15, 0.2) is 0 Å². The molecule has 1 rings (SSSR count). The van der Waals surface area contributed by atoms with E-state index in [0.717, 1.165) is 0 Å². The molecule has 0 aromatic carbocycles. The molecule has 3 atom stereocenters. The van der Waals surface area contributed by atoms with E-state index < -0.39 is 5.97 Å². The normalized spacial score (nSPS) is 31.5. The highest BCUT2D eigenvalue weighted by atomic mass is 16.6. The molecule has 0 radical (unpaired) electrons. The Balaban J connectivity index is 2.27. The van der Waals surface area contributed by atoms with Gasteiger partial charge in [-0.15, -0.1) is 0 Å². The number of carbonyl (C=O) groups is 1. The molecule has 0 amide bonds. The van der Waals surface area contributed by atoms with Crippen molar-refractivity contribution < 1.29 is 14.6 Å². The van der Waals surface area contributed by atoms with Crippen molar-refractivity contribution in [3.8, 4) is 0 Å². The fourth-order valence-electron chi connectivity index (χ4n) is 1.20. The molecule has 1 aliphatic rings. The second kappa shape index (κ2) is 3.22. The zero-order chi connectivity index (χ0) is 8.43. The summed E-state index contributed by atoms with van der Waals surface area (Å²) in [4.78, 5) is 10.5. The Kier molecular flexibility index (Phi) is 2.49. The van der Waals surface area contributed by atoms with Crippen LogP contribution >= 0.6 is 0 Å². The van der Waals surface area contributed by atoms with Crippen LogP contribution in [0.3, 0.4) is 0 Å². The lowest BCUT2D eigenvalue weighted by Gasteiger charge is -2.05. The standard InChI is InChI=1S/C8H14O3/c1-3-6(8(9)10)4-7-5(2)11-7/h5-7H,3-4H2,1-2H3,(H,9,10). The lowest BCUT2D eigenvalue weighted by Crippen LogP contribution is -2.15. The third kappa shape index (κ3) is 2.19. The number of aliphatic carboxylic acids is 1. The summed E-state index contributed by atoms with van der Waals surface area (Å²) in [6, 6.07) is 0. The van der Waals surface area contributed by atoms with E-state index in [4.69, 9.17) is 9.84 Å². The molecule has 1 aliphatic heterocycles. The van der Waals surface area contributed by atoms with Crippen LogP contribution in [-0.4, -0.2) is 23.3 Å². The Labute approximate surface area is 66.4 Å². The third-order valence-electron chi connectivity index (χ3n) is 2.20. The Hall–Kier alpha value is -0.570. The van der Waals surface area contributed by atoms with E-state index in [-0.39, 0.29) is 18.1 Å². The quantitative estimate of drug-likeness (QED) is 0.627. The molecular weight excluding hydrogens is 144 g/mol. The SMILES string of the molecule is CCC(CC1OC1C)C(=O)O. The highest BCUT2D eigenvalue weighted by molar-refractivity contribution is 5.69. The first-order chi connectivity index (χ1) is 5.15. The molecular formula is C8H14O3. The average Bonchev–Trinajstić information content (AvgIpc) is 2.61. The van der Waals surface area contributed by atoms with Crippen LogP contribution in [0.2, 0.25) is 0 Å². The van der Waals surface area contributed by atoms with Crippen LogP contribution < -0.4 is 0 Å². The van der Waals surface area contributed by atoms with E-state index in [9.17, 15) is 4.79 Å². The minimum absolute atomic E-state index is 0.205. The van der Waals surface area contributed by atoms with Crippen molar-refractivity contribution in [2.45, 2.75) is 38.9 Å². The maximum atomic E-state index is 10.5.